The third kappa shape index (κ3) is 4.52. The van der Waals surface area contributed by atoms with Crippen LogP contribution in [0.3, 0.4) is 0 Å². The smallest absolute Gasteiger partial charge is 0.254 e. The van der Waals surface area contributed by atoms with Gasteiger partial charge in [0.25, 0.3) is 5.91 Å². The monoisotopic (exact) mass is 381 g/mol. The van der Waals surface area contributed by atoms with E-state index in [2.05, 4.69) is 10.3 Å². The zero-order valence-corrected chi connectivity index (χ0v) is 15.7. The average Bonchev–Trinajstić information content (AvgIpc) is 2.69. The van der Waals surface area contributed by atoms with Crippen LogP contribution < -0.4 is 5.32 Å². The molecule has 0 unspecified atom stereocenters. The molecule has 0 saturated carbocycles. The van der Waals surface area contributed by atoms with Crippen molar-refractivity contribution in [2.75, 3.05) is 5.32 Å². The Morgan fingerprint density at radius 2 is 1.71 bits per heavy atom. The van der Waals surface area contributed by atoms with E-state index < -0.39 is 11.6 Å². The summed E-state index contributed by atoms with van der Waals surface area (Å²) >= 11 is 0. The van der Waals surface area contributed by atoms with E-state index in [4.69, 9.17) is 0 Å². The molecule has 0 radical (unpaired) electrons. The van der Waals surface area contributed by atoms with Crippen molar-refractivity contribution >= 4 is 17.4 Å². The normalized spacial score (nSPS) is 10.8. The molecule has 0 aliphatic heterocycles. The molecule has 1 N–H and O–H groups in total. The fourth-order valence-corrected chi connectivity index (χ4v) is 2.81. The number of halogens is 2. The lowest BCUT2D eigenvalue weighted by atomic mass is 10.1. The summed E-state index contributed by atoms with van der Waals surface area (Å²) in [4.78, 5) is 18.9. The molecule has 3 aromatic rings. The van der Waals surface area contributed by atoms with Gasteiger partial charge in [0.05, 0.1) is 0 Å². The Bertz CT molecular complexity index is 941. The van der Waals surface area contributed by atoms with Gasteiger partial charge in [0.1, 0.15) is 23.1 Å². The molecule has 1 aromatic heterocycles. The quantitative estimate of drug-likeness (QED) is 0.642. The molecular weight excluding hydrogens is 360 g/mol. The van der Waals surface area contributed by atoms with Crippen LogP contribution in [0.2, 0.25) is 0 Å². The first-order chi connectivity index (χ1) is 13.5. The van der Waals surface area contributed by atoms with Gasteiger partial charge >= 0.3 is 0 Å². The zero-order chi connectivity index (χ0) is 20.1. The summed E-state index contributed by atoms with van der Waals surface area (Å²) in [5.41, 5.74) is 1.11. The first-order valence-corrected chi connectivity index (χ1v) is 8.97. The van der Waals surface area contributed by atoms with Gasteiger partial charge in [-0.3, -0.25) is 4.79 Å². The summed E-state index contributed by atoms with van der Waals surface area (Å²) < 4.78 is 27.7. The van der Waals surface area contributed by atoms with Crippen molar-refractivity contribution in [3.8, 4) is 0 Å². The number of aromatic nitrogens is 1. The van der Waals surface area contributed by atoms with Crippen molar-refractivity contribution in [2.45, 2.75) is 26.4 Å². The second kappa shape index (κ2) is 8.61. The molecule has 2 aromatic carbocycles. The lowest BCUT2D eigenvalue weighted by molar-refractivity contribution is 0.0690. The fraction of sp³-hybridized carbons (Fsp3) is 0.182. The molecule has 0 atom stereocenters. The van der Waals surface area contributed by atoms with Gasteiger partial charge in [0.2, 0.25) is 0 Å². The molecule has 28 heavy (non-hydrogen) atoms. The topological polar surface area (TPSA) is 45.2 Å². The summed E-state index contributed by atoms with van der Waals surface area (Å²) in [5.74, 6) is -1.45. The fourth-order valence-electron chi connectivity index (χ4n) is 2.81. The van der Waals surface area contributed by atoms with Gasteiger partial charge in [-0.05, 0) is 43.7 Å². The molecule has 1 heterocycles. The Kier molecular flexibility index (Phi) is 5.99. The van der Waals surface area contributed by atoms with Crippen LogP contribution in [0.15, 0.2) is 66.9 Å². The zero-order valence-electron chi connectivity index (χ0n) is 15.7. The first-order valence-electron chi connectivity index (χ1n) is 8.97. The lowest BCUT2D eigenvalue weighted by Crippen LogP contribution is -2.36. The molecule has 0 aliphatic carbocycles. The Labute approximate surface area is 162 Å². The van der Waals surface area contributed by atoms with Crippen LogP contribution in [-0.2, 0) is 6.54 Å². The van der Waals surface area contributed by atoms with Crippen LogP contribution in [0, 0.1) is 11.6 Å². The Hall–Kier alpha value is -3.28. The van der Waals surface area contributed by atoms with Crippen molar-refractivity contribution in [2.24, 2.45) is 0 Å². The molecule has 3 rings (SSSR count). The van der Waals surface area contributed by atoms with Crippen LogP contribution in [0.5, 0.6) is 0 Å². The maximum Gasteiger partial charge on any atom is 0.254 e. The van der Waals surface area contributed by atoms with Gasteiger partial charge in [0.15, 0.2) is 0 Å². The minimum atomic E-state index is -0.730. The number of benzene rings is 2. The number of hydrogen-bond acceptors (Lipinski definition) is 3. The predicted molar refractivity (Wildman–Crippen MR) is 105 cm³/mol. The van der Waals surface area contributed by atoms with Crippen molar-refractivity contribution in [1.82, 2.24) is 9.88 Å². The third-order valence-electron chi connectivity index (χ3n) is 4.30. The standard InChI is InChI=1S/C22H21F2N3O/c1-15(2)27(14-16-7-4-3-5-8-16)22(28)17-11-12-25-20(13-17)26-21-18(23)9-6-10-19(21)24/h3-13,15H,14H2,1-2H3,(H,25,26). The van der Waals surface area contributed by atoms with Gasteiger partial charge in [0, 0.05) is 24.3 Å². The molecule has 0 aliphatic rings. The minimum absolute atomic E-state index is 0.0266. The Morgan fingerprint density at radius 1 is 1.04 bits per heavy atom. The average molecular weight is 381 g/mol. The van der Waals surface area contributed by atoms with E-state index in [0.717, 1.165) is 17.7 Å². The van der Waals surface area contributed by atoms with Crippen LogP contribution in [-0.4, -0.2) is 21.8 Å². The van der Waals surface area contributed by atoms with Crippen LogP contribution in [0.1, 0.15) is 29.8 Å². The highest BCUT2D eigenvalue weighted by Gasteiger charge is 2.20. The van der Waals surface area contributed by atoms with Crippen molar-refractivity contribution in [3.05, 3.63) is 89.6 Å². The lowest BCUT2D eigenvalue weighted by Gasteiger charge is -2.27. The number of rotatable bonds is 6. The molecule has 0 saturated heterocycles. The highest BCUT2D eigenvalue weighted by atomic mass is 19.1. The molecule has 0 spiro atoms. The molecule has 0 bridgehead atoms. The number of nitrogens with one attached hydrogen (secondary N) is 1. The maximum atomic E-state index is 13.9. The number of hydrogen-bond donors (Lipinski definition) is 1. The van der Waals surface area contributed by atoms with Gasteiger partial charge in [-0.1, -0.05) is 36.4 Å². The van der Waals surface area contributed by atoms with E-state index in [1.807, 2.05) is 44.2 Å². The van der Waals surface area contributed by atoms with Crippen molar-refractivity contribution in [1.29, 1.82) is 0 Å². The van der Waals surface area contributed by atoms with Crippen molar-refractivity contribution < 1.29 is 13.6 Å². The van der Waals surface area contributed by atoms with Crippen molar-refractivity contribution in [3.63, 3.8) is 0 Å². The third-order valence-corrected chi connectivity index (χ3v) is 4.30. The largest absolute Gasteiger partial charge is 0.335 e. The van der Waals surface area contributed by atoms with E-state index in [0.29, 0.717) is 12.1 Å². The van der Waals surface area contributed by atoms with E-state index in [1.54, 1.807) is 11.0 Å². The number of pyridine rings is 1. The van der Waals surface area contributed by atoms with E-state index in [9.17, 15) is 13.6 Å². The number of carbonyl (C=O) groups is 1. The molecule has 1 amide bonds. The van der Waals surface area contributed by atoms with Crippen LogP contribution in [0.25, 0.3) is 0 Å². The summed E-state index contributed by atoms with van der Waals surface area (Å²) in [5, 5.41) is 2.62. The molecule has 4 nitrogen and oxygen atoms in total. The van der Waals surface area contributed by atoms with Gasteiger partial charge in [-0.15, -0.1) is 0 Å². The number of amides is 1. The van der Waals surface area contributed by atoms with E-state index in [1.165, 1.54) is 18.3 Å². The van der Waals surface area contributed by atoms with Gasteiger partial charge in [-0.25, -0.2) is 13.8 Å². The summed E-state index contributed by atoms with van der Waals surface area (Å²) in [7, 11) is 0. The second-order valence-corrected chi connectivity index (χ2v) is 6.66. The Balaban J connectivity index is 1.84. The maximum absolute atomic E-state index is 13.9. The van der Waals surface area contributed by atoms with Crippen LogP contribution in [0.4, 0.5) is 20.3 Å². The number of carbonyl (C=O) groups excluding carboxylic acids is 1. The summed E-state index contributed by atoms with van der Waals surface area (Å²) in [6.07, 6.45) is 1.44. The molecule has 6 heteroatoms. The highest BCUT2D eigenvalue weighted by molar-refractivity contribution is 5.95. The Morgan fingerprint density at radius 3 is 2.36 bits per heavy atom. The second-order valence-electron chi connectivity index (χ2n) is 6.66. The molecular formula is C22H21F2N3O. The van der Waals surface area contributed by atoms with E-state index in [-0.39, 0.29) is 23.5 Å². The minimum Gasteiger partial charge on any atom is -0.335 e. The SMILES string of the molecule is CC(C)N(Cc1ccccc1)C(=O)c1ccnc(Nc2c(F)cccc2F)c1. The molecule has 144 valence electrons. The number of anilines is 2. The summed E-state index contributed by atoms with van der Waals surface area (Å²) in [6, 6.07) is 16.3. The van der Waals surface area contributed by atoms with Gasteiger partial charge < -0.3 is 10.2 Å². The first kappa shape index (κ1) is 19.5. The highest BCUT2D eigenvalue weighted by Crippen LogP contribution is 2.23. The molecule has 0 fully saturated rings. The van der Waals surface area contributed by atoms with Crippen LogP contribution >= 0.6 is 0 Å². The number of para-hydroxylation sites is 1. The summed E-state index contributed by atoms with van der Waals surface area (Å²) in [6.45, 7) is 4.34. The predicted octanol–water partition coefficient (Wildman–Crippen LogP) is 5.15. The van der Waals surface area contributed by atoms with E-state index >= 15 is 0 Å². The number of nitrogens with zero attached hydrogens (tertiary/aromatic N) is 2. The van der Waals surface area contributed by atoms with Gasteiger partial charge in [-0.2, -0.15) is 0 Å².